The largest absolute Gasteiger partial charge is 0.482 e. The maximum atomic E-state index is 13.3. The second-order valence-electron chi connectivity index (χ2n) is 8.32. The van der Waals surface area contributed by atoms with Gasteiger partial charge in [-0.1, -0.05) is 44.0 Å². The van der Waals surface area contributed by atoms with Gasteiger partial charge in [-0.2, -0.15) is 0 Å². The van der Waals surface area contributed by atoms with Gasteiger partial charge in [0.15, 0.2) is 6.61 Å². The third-order valence-corrected chi connectivity index (χ3v) is 7.33. The van der Waals surface area contributed by atoms with E-state index in [1.807, 2.05) is 26.0 Å². The fraction of sp³-hybridized carbons (Fsp3) is 0.111. The van der Waals surface area contributed by atoms with E-state index >= 15 is 0 Å². The fourth-order valence-electron chi connectivity index (χ4n) is 3.69. The molecule has 0 saturated carbocycles. The summed E-state index contributed by atoms with van der Waals surface area (Å²) in [7, 11) is 0. The van der Waals surface area contributed by atoms with Crippen molar-refractivity contribution in [2.45, 2.75) is 13.8 Å². The number of imide groups is 2. The van der Waals surface area contributed by atoms with Gasteiger partial charge in [0, 0.05) is 20.2 Å². The highest BCUT2D eigenvalue weighted by molar-refractivity contribution is 9.11. The van der Waals surface area contributed by atoms with E-state index in [1.165, 1.54) is 6.08 Å². The SMILES string of the molecule is Cc1cccc(NC(=O)COc2c(Br)cc(Br)cc2/C=C2\C(=O)NC(=O)N(c3ccc(Br)cc3)C2=O)c1C. The second-order valence-corrected chi connectivity index (χ2v) is 11.0. The first kappa shape index (κ1) is 27.7. The number of benzene rings is 3. The number of carbonyl (C=O) groups is 4. The molecule has 194 valence electrons. The lowest BCUT2D eigenvalue weighted by Crippen LogP contribution is -2.54. The van der Waals surface area contributed by atoms with E-state index in [2.05, 4.69) is 58.4 Å². The highest BCUT2D eigenvalue weighted by atomic mass is 79.9. The van der Waals surface area contributed by atoms with Crippen LogP contribution in [0.3, 0.4) is 0 Å². The predicted octanol–water partition coefficient (Wildman–Crippen LogP) is 6.27. The number of nitrogens with one attached hydrogen (secondary N) is 2. The number of hydrogen-bond donors (Lipinski definition) is 2. The maximum absolute atomic E-state index is 13.3. The van der Waals surface area contributed by atoms with E-state index < -0.39 is 17.8 Å². The van der Waals surface area contributed by atoms with Gasteiger partial charge < -0.3 is 10.1 Å². The second kappa shape index (κ2) is 11.6. The minimum atomic E-state index is -0.852. The molecule has 0 spiro atoms. The van der Waals surface area contributed by atoms with Crippen molar-refractivity contribution in [1.29, 1.82) is 0 Å². The molecular formula is C27H20Br3N3O5. The number of ether oxygens (including phenoxy) is 1. The van der Waals surface area contributed by atoms with Crippen molar-refractivity contribution in [3.63, 3.8) is 0 Å². The zero-order valence-electron chi connectivity index (χ0n) is 20.1. The van der Waals surface area contributed by atoms with Crippen LogP contribution in [0.5, 0.6) is 5.75 Å². The zero-order valence-corrected chi connectivity index (χ0v) is 24.9. The Hall–Kier alpha value is -3.28. The van der Waals surface area contributed by atoms with Gasteiger partial charge in [0.05, 0.1) is 10.2 Å². The summed E-state index contributed by atoms with van der Waals surface area (Å²) >= 11 is 10.1. The van der Waals surface area contributed by atoms with Crippen LogP contribution >= 0.6 is 47.8 Å². The lowest BCUT2D eigenvalue weighted by Gasteiger charge is -2.26. The summed E-state index contributed by atoms with van der Waals surface area (Å²) in [5.74, 6) is -1.78. The minimum Gasteiger partial charge on any atom is -0.482 e. The molecule has 1 heterocycles. The van der Waals surface area contributed by atoms with Crippen molar-refractivity contribution in [3.8, 4) is 5.75 Å². The van der Waals surface area contributed by atoms with Crippen molar-refractivity contribution < 1.29 is 23.9 Å². The molecule has 38 heavy (non-hydrogen) atoms. The number of aryl methyl sites for hydroxylation is 1. The Morgan fingerprint density at radius 1 is 1.00 bits per heavy atom. The Morgan fingerprint density at radius 2 is 1.71 bits per heavy atom. The predicted molar refractivity (Wildman–Crippen MR) is 155 cm³/mol. The number of rotatable bonds is 6. The summed E-state index contributed by atoms with van der Waals surface area (Å²) in [6.45, 7) is 3.54. The molecule has 5 amide bonds. The highest BCUT2D eigenvalue weighted by Gasteiger charge is 2.37. The Morgan fingerprint density at radius 3 is 2.42 bits per heavy atom. The molecule has 4 rings (SSSR count). The molecule has 1 aliphatic heterocycles. The van der Waals surface area contributed by atoms with Crippen LogP contribution < -0.4 is 20.3 Å². The van der Waals surface area contributed by atoms with E-state index in [-0.39, 0.29) is 23.8 Å². The molecule has 0 radical (unpaired) electrons. The smallest absolute Gasteiger partial charge is 0.335 e. The normalized spacial score (nSPS) is 14.5. The van der Waals surface area contributed by atoms with Crippen molar-refractivity contribution in [1.82, 2.24) is 5.32 Å². The van der Waals surface area contributed by atoms with Crippen molar-refractivity contribution >= 4 is 89.0 Å². The Bertz CT molecular complexity index is 1500. The first-order valence-corrected chi connectivity index (χ1v) is 13.6. The molecule has 0 aromatic heterocycles. The summed E-state index contributed by atoms with van der Waals surface area (Å²) in [6.07, 6.45) is 1.32. The molecule has 8 nitrogen and oxygen atoms in total. The Balaban J connectivity index is 1.62. The molecule has 1 aliphatic rings. The Labute approximate surface area is 243 Å². The van der Waals surface area contributed by atoms with E-state index in [1.54, 1.807) is 42.5 Å². The summed E-state index contributed by atoms with van der Waals surface area (Å²) in [6, 6.07) is 14.6. The van der Waals surface area contributed by atoms with Gasteiger partial charge >= 0.3 is 6.03 Å². The van der Waals surface area contributed by atoms with Crippen LogP contribution in [0, 0.1) is 13.8 Å². The number of hydrogen-bond acceptors (Lipinski definition) is 5. The summed E-state index contributed by atoms with van der Waals surface area (Å²) in [4.78, 5) is 52.0. The number of amides is 5. The molecule has 1 saturated heterocycles. The van der Waals surface area contributed by atoms with E-state index in [0.29, 0.717) is 25.9 Å². The zero-order chi connectivity index (χ0) is 27.6. The van der Waals surface area contributed by atoms with Crippen LogP contribution in [0.15, 0.2) is 73.6 Å². The first-order valence-electron chi connectivity index (χ1n) is 11.2. The van der Waals surface area contributed by atoms with E-state index in [0.717, 1.165) is 20.5 Å². The van der Waals surface area contributed by atoms with Gasteiger partial charge in [-0.05, 0) is 89.4 Å². The van der Waals surface area contributed by atoms with Gasteiger partial charge in [0.2, 0.25) is 0 Å². The van der Waals surface area contributed by atoms with Crippen molar-refractivity contribution in [2.24, 2.45) is 0 Å². The van der Waals surface area contributed by atoms with Gasteiger partial charge in [0.25, 0.3) is 17.7 Å². The average molecular weight is 706 g/mol. The lowest BCUT2D eigenvalue weighted by molar-refractivity contribution is -0.122. The molecule has 3 aromatic carbocycles. The van der Waals surface area contributed by atoms with Crippen LogP contribution in [0.25, 0.3) is 6.08 Å². The monoisotopic (exact) mass is 703 g/mol. The lowest BCUT2D eigenvalue weighted by atomic mass is 10.1. The molecule has 0 atom stereocenters. The van der Waals surface area contributed by atoms with Crippen LogP contribution in [0.1, 0.15) is 16.7 Å². The van der Waals surface area contributed by atoms with Crippen LogP contribution in [0.4, 0.5) is 16.2 Å². The quantitative estimate of drug-likeness (QED) is 0.232. The summed E-state index contributed by atoms with van der Waals surface area (Å²) in [5.41, 5.74) is 3.03. The number of halogens is 3. The van der Waals surface area contributed by atoms with E-state index in [9.17, 15) is 19.2 Å². The topological polar surface area (TPSA) is 105 Å². The van der Waals surface area contributed by atoms with E-state index in [4.69, 9.17) is 4.74 Å². The van der Waals surface area contributed by atoms with Gasteiger partial charge in [-0.25, -0.2) is 9.69 Å². The van der Waals surface area contributed by atoms with Crippen LogP contribution in [-0.2, 0) is 14.4 Å². The molecule has 3 aromatic rings. The first-order chi connectivity index (χ1) is 18.0. The highest BCUT2D eigenvalue weighted by Crippen LogP contribution is 2.35. The number of anilines is 2. The molecule has 2 N–H and O–H groups in total. The number of carbonyl (C=O) groups excluding carboxylic acids is 4. The van der Waals surface area contributed by atoms with Gasteiger partial charge in [-0.3, -0.25) is 19.7 Å². The standard InChI is InChI=1S/C27H20Br3N3O5/c1-14-4-3-5-22(15(14)2)31-23(34)13-38-24-16(10-18(29)12-21(24)30)11-20-25(35)32-27(37)33(26(20)36)19-8-6-17(28)7-9-19/h3-12H,13H2,1-2H3,(H,31,34)(H,32,35,37)/b20-11+. The summed E-state index contributed by atoms with van der Waals surface area (Å²) < 4.78 is 7.72. The van der Waals surface area contributed by atoms with Crippen molar-refractivity contribution in [2.75, 3.05) is 16.8 Å². The molecule has 0 unspecified atom stereocenters. The Kier molecular flexibility index (Phi) is 8.49. The molecule has 0 bridgehead atoms. The third-order valence-electron chi connectivity index (χ3n) is 5.75. The number of barbiturate groups is 1. The third kappa shape index (κ3) is 6.06. The molecule has 11 heteroatoms. The summed E-state index contributed by atoms with van der Waals surface area (Å²) in [5, 5.41) is 5.03. The molecule has 0 aliphatic carbocycles. The van der Waals surface area contributed by atoms with Crippen LogP contribution in [-0.4, -0.2) is 30.4 Å². The number of nitrogens with zero attached hydrogens (tertiary/aromatic N) is 1. The van der Waals surface area contributed by atoms with Crippen molar-refractivity contribution in [3.05, 3.63) is 90.3 Å². The minimum absolute atomic E-state index is 0.240. The van der Waals surface area contributed by atoms with Crippen LogP contribution in [0.2, 0.25) is 0 Å². The average Bonchev–Trinajstić information content (AvgIpc) is 2.85. The number of urea groups is 1. The van der Waals surface area contributed by atoms with Gasteiger partial charge in [0.1, 0.15) is 11.3 Å². The van der Waals surface area contributed by atoms with Gasteiger partial charge in [-0.15, -0.1) is 0 Å². The fourth-order valence-corrected chi connectivity index (χ4v) is 5.32. The molecular weight excluding hydrogens is 686 g/mol. The maximum Gasteiger partial charge on any atom is 0.335 e. The molecule has 1 fully saturated rings.